The molecule has 1 atom stereocenters. The Morgan fingerprint density at radius 1 is 1.42 bits per heavy atom. The standard InChI is InChI=1S/C6H15N3.3ClH/c1-9-3-2-8-5-6(9)4-7;;;/h6,8H,2-5,7H2,1H3;3*1H. The van der Waals surface area contributed by atoms with E-state index in [0.29, 0.717) is 6.04 Å². The van der Waals surface area contributed by atoms with Crippen LogP contribution in [0.1, 0.15) is 0 Å². The Morgan fingerprint density at radius 2 is 2.00 bits per heavy atom. The van der Waals surface area contributed by atoms with Gasteiger partial charge in [-0.2, -0.15) is 0 Å². The number of piperazine rings is 1. The van der Waals surface area contributed by atoms with Crippen LogP contribution in [0.2, 0.25) is 0 Å². The van der Waals surface area contributed by atoms with Crippen LogP contribution in [0.25, 0.3) is 0 Å². The van der Waals surface area contributed by atoms with Crippen molar-refractivity contribution in [1.29, 1.82) is 0 Å². The van der Waals surface area contributed by atoms with Crippen molar-refractivity contribution in [3.63, 3.8) is 0 Å². The van der Waals surface area contributed by atoms with Gasteiger partial charge in [-0.25, -0.2) is 0 Å². The molecule has 0 spiro atoms. The molecule has 1 heterocycles. The summed E-state index contributed by atoms with van der Waals surface area (Å²) in [6.07, 6.45) is 0. The fraction of sp³-hybridized carbons (Fsp3) is 1.00. The zero-order valence-electron chi connectivity index (χ0n) is 7.16. The van der Waals surface area contributed by atoms with Crippen LogP contribution in [-0.4, -0.2) is 44.2 Å². The molecule has 0 saturated carbocycles. The Kier molecular flexibility index (Phi) is 15.2. The zero-order chi connectivity index (χ0) is 6.69. The molecule has 0 aromatic heterocycles. The zero-order valence-corrected chi connectivity index (χ0v) is 9.60. The summed E-state index contributed by atoms with van der Waals surface area (Å²) in [5, 5.41) is 3.29. The predicted octanol–water partition coefficient (Wildman–Crippen LogP) is 0.114. The molecule has 3 nitrogen and oxygen atoms in total. The van der Waals surface area contributed by atoms with Gasteiger partial charge >= 0.3 is 0 Å². The van der Waals surface area contributed by atoms with Crippen molar-refractivity contribution < 1.29 is 0 Å². The van der Waals surface area contributed by atoms with Gasteiger partial charge in [0.2, 0.25) is 0 Å². The van der Waals surface area contributed by atoms with E-state index >= 15 is 0 Å². The van der Waals surface area contributed by atoms with Crippen LogP contribution in [0.3, 0.4) is 0 Å². The summed E-state index contributed by atoms with van der Waals surface area (Å²) in [6.45, 7) is 4.05. The van der Waals surface area contributed by atoms with Crippen molar-refractivity contribution in [3.8, 4) is 0 Å². The molecule has 0 amide bonds. The second-order valence-electron chi connectivity index (χ2n) is 2.57. The van der Waals surface area contributed by atoms with Crippen LogP contribution in [0.5, 0.6) is 0 Å². The van der Waals surface area contributed by atoms with Crippen LogP contribution >= 0.6 is 37.2 Å². The van der Waals surface area contributed by atoms with Gasteiger partial charge in [-0.1, -0.05) is 0 Å². The molecule has 1 saturated heterocycles. The molecular weight excluding hydrogens is 220 g/mol. The van der Waals surface area contributed by atoms with E-state index in [1.807, 2.05) is 0 Å². The third-order valence-corrected chi connectivity index (χ3v) is 1.92. The first-order chi connectivity index (χ1) is 4.34. The summed E-state index contributed by atoms with van der Waals surface area (Å²) in [5.41, 5.74) is 5.51. The lowest BCUT2D eigenvalue weighted by atomic mass is 10.2. The van der Waals surface area contributed by atoms with Crippen molar-refractivity contribution in [2.45, 2.75) is 6.04 Å². The molecule has 78 valence electrons. The highest BCUT2D eigenvalue weighted by molar-refractivity contribution is 5.86. The lowest BCUT2D eigenvalue weighted by Gasteiger charge is -2.31. The highest BCUT2D eigenvalue weighted by Crippen LogP contribution is 1.95. The summed E-state index contributed by atoms with van der Waals surface area (Å²) in [4.78, 5) is 2.30. The van der Waals surface area contributed by atoms with E-state index in [-0.39, 0.29) is 37.2 Å². The van der Waals surface area contributed by atoms with Crippen LogP contribution in [0, 0.1) is 0 Å². The topological polar surface area (TPSA) is 41.3 Å². The van der Waals surface area contributed by atoms with Crippen LogP contribution in [0.15, 0.2) is 0 Å². The van der Waals surface area contributed by atoms with Gasteiger partial charge in [0.15, 0.2) is 0 Å². The molecule has 1 unspecified atom stereocenters. The first-order valence-electron chi connectivity index (χ1n) is 3.45. The predicted molar refractivity (Wildman–Crippen MR) is 60.1 cm³/mol. The van der Waals surface area contributed by atoms with Gasteiger partial charge in [0, 0.05) is 32.2 Å². The van der Waals surface area contributed by atoms with Gasteiger partial charge < -0.3 is 11.1 Å². The van der Waals surface area contributed by atoms with Crippen LogP contribution < -0.4 is 11.1 Å². The summed E-state index contributed by atoms with van der Waals surface area (Å²) >= 11 is 0. The number of halogens is 3. The van der Waals surface area contributed by atoms with Crippen molar-refractivity contribution >= 4 is 37.2 Å². The third kappa shape index (κ3) is 5.41. The van der Waals surface area contributed by atoms with Gasteiger partial charge in [0.05, 0.1) is 0 Å². The molecule has 0 aromatic carbocycles. The maximum atomic E-state index is 5.51. The summed E-state index contributed by atoms with van der Waals surface area (Å²) in [5.74, 6) is 0. The lowest BCUT2D eigenvalue weighted by Crippen LogP contribution is -2.52. The minimum Gasteiger partial charge on any atom is -0.329 e. The highest BCUT2D eigenvalue weighted by atomic mass is 35.5. The minimum atomic E-state index is 0. The van der Waals surface area contributed by atoms with Crippen molar-refractivity contribution in [2.24, 2.45) is 5.73 Å². The Labute approximate surface area is 92.7 Å². The largest absolute Gasteiger partial charge is 0.329 e. The van der Waals surface area contributed by atoms with E-state index in [1.165, 1.54) is 0 Å². The van der Waals surface area contributed by atoms with E-state index in [4.69, 9.17) is 5.73 Å². The molecular formula is C6H18Cl3N3. The maximum Gasteiger partial charge on any atom is 0.0340 e. The molecule has 0 radical (unpaired) electrons. The molecule has 0 bridgehead atoms. The molecule has 3 N–H and O–H groups in total. The number of nitrogens with two attached hydrogens (primary N) is 1. The third-order valence-electron chi connectivity index (χ3n) is 1.92. The normalized spacial score (nSPS) is 23.0. The minimum absolute atomic E-state index is 0. The van der Waals surface area contributed by atoms with E-state index < -0.39 is 0 Å². The molecule has 0 aromatic rings. The average molecular weight is 239 g/mol. The molecule has 1 fully saturated rings. The van der Waals surface area contributed by atoms with Gasteiger partial charge in [-0.3, -0.25) is 4.90 Å². The lowest BCUT2D eigenvalue weighted by molar-refractivity contribution is 0.205. The fourth-order valence-corrected chi connectivity index (χ4v) is 1.13. The van der Waals surface area contributed by atoms with E-state index in [2.05, 4.69) is 17.3 Å². The smallest absolute Gasteiger partial charge is 0.0340 e. The monoisotopic (exact) mass is 237 g/mol. The summed E-state index contributed by atoms with van der Waals surface area (Å²) in [7, 11) is 2.12. The summed E-state index contributed by atoms with van der Waals surface area (Å²) < 4.78 is 0. The Hall–Kier alpha value is 0.750. The SMILES string of the molecule is CN1CCNCC1CN.Cl.Cl.Cl. The Bertz CT molecular complexity index is 94.1. The number of hydrogen-bond donors (Lipinski definition) is 2. The van der Waals surface area contributed by atoms with Crippen molar-refractivity contribution in [3.05, 3.63) is 0 Å². The fourth-order valence-electron chi connectivity index (χ4n) is 1.13. The van der Waals surface area contributed by atoms with Gasteiger partial charge in [-0.15, -0.1) is 37.2 Å². The summed E-state index contributed by atoms with van der Waals surface area (Å²) in [6, 6.07) is 0.554. The quantitative estimate of drug-likeness (QED) is 0.682. The van der Waals surface area contributed by atoms with Gasteiger partial charge in [0.1, 0.15) is 0 Å². The number of nitrogens with zero attached hydrogens (tertiary/aromatic N) is 1. The van der Waals surface area contributed by atoms with E-state index in [0.717, 1.165) is 26.2 Å². The Morgan fingerprint density at radius 3 is 2.33 bits per heavy atom. The molecule has 0 aliphatic carbocycles. The van der Waals surface area contributed by atoms with Crippen LogP contribution in [0.4, 0.5) is 0 Å². The molecule has 1 aliphatic heterocycles. The number of rotatable bonds is 1. The Balaban J connectivity index is -0.000000270. The highest BCUT2D eigenvalue weighted by Gasteiger charge is 2.15. The first-order valence-corrected chi connectivity index (χ1v) is 3.45. The second-order valence-corrected chi connectivity index (χ2v) is 2.57. The maximum absolute atomic E-state index is 5.51. The second kappa shape index (κ2) is 9.84. The van der Waals surface area contributed by atoms with Gasteiger partial charge in [0.25, 0.3) is 0 Å². The van der Waals surface area contributed by atoms with E-state index in [9.17, 15) is 0 Å². The van der Waals surface area contributed by atoms with Crippen molar-refractivity contribution in [1.82, 2.24) is 10.2 Å². The molecule has 6 heteroatoms. The number of likely N-dealkylation sites (N-methyl/N-ethyl adjacent to an activating group) is 1. The molecule has 1 rings (SSSR count). The van der Waals surface area contributed by atoms with E-state index in [1.54, 1.807) is 0 Å². The average Bonchev–Trinajstić information content (AvgIpc) is 1.89. The number of nitrogens with one attached hydrogen (secondary N) is 1. The number of hydrogen-bond acceptors (Lipinski definition) is 3. The first kappa shape index (κ1) is 18.5. The van der Waals surface area contributed by atoms with Gasteiger partial charge in [-0.05, 0) is 7.05 Å². The van der Waals surface area contributed by atoms with Crippen LogP contribution in [-0.2, 0) is 0 Å². The molecule has 1 aliphatic rings. The molecule has 12 heavy (non-hydrogen) atoms. The van der Waals surface area contributed by atoms with Crippen molar-refractivity contribution in [2.75, 3.05) is 33.2 Å².